The van der Waals surface area contributed by atoms with Crippen molar-refractivity contribution in [2.75, 3.05) is 69.2 Å². The summed E-state index contributed by atoms with van der Waals surface area (Å²) in [5.41, 5.74) is 5.03. The molecule has 168 valence electrons. The van der Waals surface area contributed by atoms with E-state index >= 15 is 0 Å². The first-order valence-corrected chi connectivity index (χ1v) is 10.7. The van der Waals surface area contributed by atoms with E-state index in [4.69, 9.17) is 14.5 Å². The molecule has 3 aromatic rings. The van der Waals surface area contributed by atoms with Crippen molar-refractivity contribution in [3.63, 3.8) is 0 Å². The highest BCUT2D eigenvalue weighted by atomic mass is 19.1. The quantitative estimate of drug-likeness (QED) is 0.574. The minimum atomic E-state index is -0.338. The third-order valence-corrected chi connectivity index (χ3v) is 5.84. The van der Waals surface area contributed by atoms with Gasteiger partial charge >= 0.3 is 0 Å². The number of hydrogen-bond donors (Lipinski definition) is 0. The Kier molecular flexibility index (Phi) is 6.35. The molecule has 1 aromatic heterocycles. The molecule has 0 N–H and O–H groups in total. The second-order valence-electron chi connectivity index (χ2n) is 7.96. The van der Waals surface area contributed by atoms with Gasteiger partial charge in [-0.25, -0.2) is 9.37 Å². The number of ether oxygens (including phenoxy) is 2. The summed E-state index contributed by atoms with van der Waals surface area (Å²) in [6, 6.07) is 17.5. The summed E-state index contributed by atoms with van der Waals surface area (Å²) in [6.45, 7) is 3.20. The number of anilines is 3. The molecule has 0 atom stereocenters. The van der Waals surface area contributed by atoms with Gasteiger partial charge in [0.2, 0.25) is 5.88 Å². The van der Waals surface area contributed by atoms with Crippen LogP contribution in [0.5, 0.6) is 11.6 Å². The topological polar surface area (TPSA) is 41.1 Å². The molecule has 4 rings (SSSR count). The normalized spacial score (nSPS) is 13.8. The summed E-state index contributed by atoms with van der Waals surface area (Å²) >= 11 is 0. The van der Waals surface area contributed by atoms with Gasteiger partial charge in [0.25, 0.3) is 0 Å². The summed E-state index contributed by atoms with van der Waals surface area (Å²) in [6.07, 6.45) is 0. The predicted octanol–water partition coefficient (Wildman–Crippen LogP) is 4.30. The smallest absolute Gasteiger partial charge is 0.213 e. The number of benzene rings is 2. The Hall–Kier alpha value is -3.48. The van der Waals surface area contributed by atoms with Crippen molar-refractivity contribution < 1.29 is 13.9 Å². The van der Waals surface area contributed by atoms with Gasteiger partial charge in [-0.3, -0.25) is 0 Å². The highest BCUT2D eigenvalue weighted by molar-refractivity contribution is 5.77. The molecule has 0 bridgehead atoms. The van der Waals surface area contributed by atoms with Crippen molar-refractivity contribution in [2.24, 2.45) is 0 Å². The Bertz CT molecular complexity index is 1060. The summed E-state index contributed by atoms with van der Waals surface area (Å²) in [5.74, 6) is 0.518. The lowest BCUT2D eigenvalue weighted by Crippen LogP contribution is -2.46. The van der Waals surface area contributed by atoms with Crippen LogP contribution < -0.4 is 24.2 Å². The molecule has 7 heteroatoms. The van der Waals surface area contributed by atoms with E-state index in [0.717, 1.165) is 54.5 Å². The minimum Gasteiger partial charge on any atom is -0.494 e. The molecule has 32 heavy (non-hydrogen) atoms. The van der Waals surface area contributed by atoms with E-state index in [2.05, 4.69) is 45.0 Å². The van der Waals surface area contributed by atoms with Crippen LogP contribution in [0.1, 0.15) is 0 Å². The molecule has 0 saturated carbocycles. The molecule has 1 saturated heterocycles. The van der Waals surface area contributed by atoms with Crippen molar-refractivity contribution in [2.45, 2.75) is 0 Å². The van der Waals surface area contributed by atoms with Gasteiger partial charge in [-0.1, -0.05) is 12.1 Å². The Labute approximate surface area is 188 Å². The van der Waals surface area contributed by atoms with E-state index in [1.807, 2.05) is 26.2 Å². The van der Waals surface area contributed by atoms with E-state index < -0.39 is 0 Å². The van der Waals surface area contributed by atoms with E-state index in [-0.39, 0.29) is 11.6 Å². The summed E-state index contributed by atoms with van der Waals surface area (Å²) < 4.78 is 24.6. The maximum Gasteiger partial charge on any atom is 0.213 e. The number of aromatic nitrogens is 1. The zero-order valence-corrected chi connectivity index (χ0v) is 19.0. The molecular formula is C25H29FN4O2. The van der Waals surface area contributed by atoms with E-state index in [1.165, 1.54) is 7.11 Å². The van der Waals surface area contributed by atoms with Crippen LogP contribution in [0, 0.1) is 5.82 Å². The van der Waals surface area contributed by atoms with Gasteiger partial charge in [0.15, 0.2) is 11.6 Å². The van der Waals surface area contributed by atoms with Crippen molar-refractivity contribution >= 4 is 17.1 Å². The molecule has 2 aromatic carbocycles. The highest BCUT2D eigenvalue weighted by Crippen LogP contribution is 2.33. The first-order valence-electron chi connectivity index (χ1n) is 10.7. The minimum absolute atomic E-state index is 0.265. The molecule has 1 fully saturated rings. The first-order chi connectivity index (χ1) is 15.5. The van der Waals surface area contributed by atoms with Crippen molar-refractivity contribution in [3.8, 4) is 22.9 Å². The monoisotopic (exact) mass is 436 g/mol. The van der Waals surface area contributed by atoms with Crippen molar-refractivity contribution in [1.29, 1.82) is 0 Å². The Morgan fingerprint density at radius 1 is 0.844 bits per heavy atom. The third kappa shape index (κ3) is 4.42. The van der Waals surface area contributed by atoms with E-state index in [1.54, 1.807) is 19.2 Å². The van der Waals surface area contributed by atoms with Crippen LogP contribution in [0.2, 0.25) is 0 Å². The molecule has 6 nitrogen and oxygen atoms in total. The number of methoxy groups -OCH3 is 2. The van der Waals surface area contributed by atoms with E-state index in [0.29, 0.717) is 5.88 Å². The Morgan fingerprint density at radius 3 is 2.12 bits per heavy atom. The fourth-order valence-electron chi connectivity index (χ4n) is 3.99. The van der Waals surface area contributed by atoms with Crippen LogP contribution >= 0.6 is 0 Å². The van der Waals surface area contributed by atoms with Gasteiger partial charge in [-0.15, -0.1) is 0 Å². The third-order valence-electron chi connectivity index (χ3n) is 5.84. The number of rotatable bonds is 6. The second kappa shape index (κ2) is 9.34. The number of hydrogen-bond acceptors (Lipinski definition) is 6. The van der Waals surface area contributed by atoms with Crippen molar-refractivity contribution in [1.82, 2.24) is 4.98 Å². The van der Waals surface area contributed by atoms with Crippen LogP contribution in [0.25, 0.3) is 11.3 Å². The van der Waals surface area contributed by atoms with Gasteiger partial charge in [0, 0.05) is 69.3 Å². The molecular weight excluding hydrogens is 407 g/mol. The summed E-state index contributed by atoms with van der Waals surface area (Å²) in [7, 11) is 7.16. The summed E-state index contributed by atoms with van der Waals surface area (Å²) in [4.78, 5) is 11.4. The summed E-state index contributed by atoms with van der Waals surface area (Å²) in [5, 5.41) is 0. The lowest BCUT2D eigenvalue weighted by molar-refractivity contribution is 0.386. The number of nitrogens with zero attached hydrogens (tertiary/aromatic N) is 4. The molecule has 0 amide bonds. The molecule has 0 unspecified atom stereocenters. The molecule has 1 aliphatic rings. The fourth-order valence-corrected chi connectivity index (χ4v) is 3.99. The second-order valence-corrected chi connectivity index (χ2v) is 7.96. The zero-order valence-electron chi connectivity index (χ0n) is 19.0. The SMILES string of the molecule is COc1ccc(N2CCN(c3ccc(OC)c(F)c3)CC2)c(-c2ccc(N(C)C)cc2)n1. The van der Waals surface area contributed by atoms with E-state index in [9.17, 15) is 4.39 Å². The predicted molar refractivity (Wildman–Crippen MR) is 128 cm³/mol. The molecule has 0 aliphatic carbocycles. The van der Waals surface area contributed by atoms with Gasteiger partial charge < -0.3 is 24.2 Å². The Balaban J connectivity index is 1.56. The maximum atomic E-state index is 14.2. The first kappa shape index (κ1) is 21.7. The average molecular weight is 437 g/mol. The lowest BCUT2D eigenvalue weighted by Gasteiger charge is -2.38. The van der Waals surface area contributed by atoms with Crippen LogP contribution in [-0.2, 0) is 0 Å². The van der Waals surface area contributed by atoms with Crippen LogP contribution in [-0.4, -0.2) is 59.5 Å². The maximum absolute atomic E-state index is 14.2. The molecule has 2 heterocycles. The zero-order chi connectivity index (χ0) is 22.7. The highest BCUT2D eigenvalue weighted by Gasteiger charge is 2.22. The number of halogens is 1. The molecule has 0 radical (unpaired) electrons. The van der Waals surface area contributed by atoms with Crippen LogP contribution in [0.3, 0.4) is 0 Å². The molecule has 0 spiro atoms. The van der Waals surface area contributed by atoms with Crippen LogP contribution in [0.4, 0.5) is 21.5 Å². The van der Waals surface area contributed by atoms with Gasteiger partial charge in [0.05, 0.1) is 25.6 Å². The van der Waals surface area contributed by atoms with Gasteiger partial charge in [-0.2, -0.15) is 0 Å². The largest absolute Gasteiger partial charge is 0.494 e. The standard InChI is InChI=1S/C25H29FN4O2/c1-28(2)19-7-5-18(6-8-19)25-22(10-12-24(27-25)32-4)30-15-13-29(14-16-30)20-9-11-23(31-3)21(26)17-20/h5-12,17H,13-16H2,1-4H3. The number of piperazine rings is 1. The van der Waals surface area contributed by atoms with Crippen LogP contribution in [0.15, 0.2) is 54.6 Å². The number of pyridine rings is 1. The van der Waals surface area contributed by atoms with Gasteiger partial charge in [0.1, 0.15) is 0 Å². The molecule has 1 aliphatic heterocycles. The van der Waals surface area contributed by atoms with Crippen molar-refractivity contribution in [3.05, 3.63) is 60.4 Å². The fraction of sp³-hybridized carbons (Fsp3) is 0.320. The lowest BCUT2D eigenvalue weighted by atomic mass is 10.1. The Morgan fingerprint density at radius 2 is 1.53 bits per heavy atom. The van der Waals surface area contributed by atoms with Gasteiger partial charge in [-0.05, 0) is 30.3 Å². The average Bonchev–Trinajstić information content (AvgIpc) is 2.83.